The quantitative estimate of drug-likeness (QED) is 0.482. The minimum Gasteiger partial charge on any atom is -0.393 e. The van der Waals surface area contributed by atoms with Crippen LogP contribution in [-0.2, 0) is 0 Å². The van der Waals surface area contributed by atoms with Crippen LogP contribution < -0.4 is 5.43 Å². The Morgan fingerprint density at radius 2 is 2.21 bits per heavy atom. The molecule has 19 heavy (non-hydrogen) atoms. The van der Waals surface area contributed by atoms with Gasteiger partial charge >= 0.3 is 0 Å². The molecule has 1 saturated heterocycles. The second-order valence-electron chi connectivity index (χ2n) is 4.55. The number of hydrogen-bond donors (Lipinski definition) is 2. The Morgan fingerprint density at radius 3 is 2.84 bits per heavy atom. The minimum absolute atomic E-state index is 0.196. The first-order valence-corrected chi connectivity index (χ1v) is 6.76. The molecule has 0 spiro atoms. The van der Waals surface area contributed by atoms with E-state index in [0.29, 0.717) is 5.11 Å². The smallest absolute Gasteiger partial charge is 0.189 e. The summed E-state index contributed by atoms with van der Waals surface area (Å²) in [7, 11) is 0. The largest absolute Gasteiger partial charge is 0.393 e. The molecule has 5 nitrogen and oxygen atoms in total. The maximum atomic E-state index is 9.45. The van der Waals surface area contributed by atoms with Gasteiger partial charge in [-0.2, -0.15) is 5.10 Å². The summed E-state index contributed by atoms with van der Waals surface area (Å²) in [6.07, 6.45) is 3.05. The number of aliphatic hydroxyl groups is 1. The topological polar surface area (TPSA) is 60.8 Å². The van der Waals surface area contributed by atoms with Crippen molar-refractivity contribution in [2.45, 2.75) is 25.9 Å². The van der Waals surface area contributed by atoms with E-state index in [4.69, 9.17) is 12.2 Å². The first-order valence-electron chi connectivity index (χ1n) is 6.35. The van der Waals surface area contributed by atoms with Crippen molar-refractivity contribution in [1.82, 2.24) is 15.3 Å². The van der Waals surface area contributed by atoms with Crippen LogP contribution >= 0.6 is 12.2 Å². The third kappa shape index (κ3) is 3.97. The van der Waals surface area contributed by atoms with Gasteiger partial charge in [0, 0.05) is 19.3 Å². The fraction of sp³-hybridized carbons (Fsp3) is 0.462. The number of piperidine rings is 1. The Bertz CT molecular complexity index is 455. The number of nitrogens with one attached hydrogen (secondary N) is 1. The molecular weight excluding hydrogens is 260 g/mol. The lowest BCUT2D eigenvalue weighted by Crippen LogP contribution is -2.44. The number of thiocarbonyl (C=S) groups is 1. The molecule has 0 aromatic carbocycles. The van der Waals surface area contributed by atoms with Gasteiger partial charge in [-0.05, 0) is 44.1 Å². The Hall–Kier alpha value is -1.53. The summed E-state index contributed by atoms with van der Waals surface area (Å²) < 4.78 is 0. The molecule has 2 heterocycles. The molecule has 0 radical (unpaired) electrons. The zero-order chi connectivity index (χ0) is 13.7. The van der Waals surface area contributed by atoms with E-state index in [1.807, 2.05) is 30.0 Å². The Kier molecular flexibility index (Phi) is 4.81. The predicted octanol–water partition coefficient (Wildman–Crippen LogP) is 1.14. The van der Waals surface area contributed by atoms with Gasteiger partial charge in [-0.3, -0.25) is 10.4 Å². The molecule has 102 valence electrons. The summed E-state index contributed by atoms with van der Waals surface area (Å²) in [5.41, 5.74) is 4.51. The van der Waals surface area contributed by atoms with Gasteiger partial charge < -0.3 is 10.0 Å². The Labute approximate surface area is 118 Å². The Morgan fingerprint density at radius 1 is 1.47 bits per heavy atom. The van der Waals surface area contributed by atoms with Gasteiger partial charge in [-0.1, -0.05) is 6.07 Å². The molecule has 0 bridgehead atoms. The monoisotopic (exact) mass is 278 g/mol. The van der Waals surface area contributed by atoms with Crippen LogP contribution in [0.3, 0.4) is 0 Å². The number of likely N-dealkylation sites (tertiary alicyclic amines) is 1. The molecular formula is C13H18N4OS. The lowest BCUT2D eigenvalue weighted by atomic mass is 10.1. The molecule has 1 aromatic heterocycles. The summed E-state index contributed by atoms with van der Waals surface area (Å²) >= 11 is 5.29. The number of aromatic nitrogens is 1. The highest BCUT2D eigenvalue weighted by Gasteiger charge is 2.18. The van der Waals surface area contributed by atoms with Gasteiger partial charge in [0.2, 0.25) is 0 Å². The summed E-state index contributed by atoms with van der Waals surface area (Å²) in [6, 6.07) is 5.69. The zero-order valence-electron chi connectivity index (χ0n) is 10.9. The van der Waals surface area contributed by atoms with Crippen molar-refractivity contribution in [2.24, 2.45) is 5.10 Å². The standard InChI is InChI=1S/C13H18N4OS/c1-10(12-4-2-3-7-14-12)15-16-13(19)17-8-5-11(18)6-9-17/h2-4,7,11,18H,5-6,8-9H2,1H3,(H,16,19)/b15-10+. The number of aliphatic hydroxyl groups excluding tert-OH is 1. The molecule has 1 aliphatic heterocycles. The molecule has 1 aromatic rings. The van der Waals surface area contributed by atoms with E-state index in [1.165, 1.54) is 0 Å². The van der Waals surface area contributed by atoms with Crippen molar-refractivity contribution < 1.29 is 5.11 Å². The van der Waals surface area contributed by atoms with Crippen LogP contribution in [0.25, 0.3) is 0 Å². The van der Waals surface area contributed by atoms with Crippen molar-refractivity contribution >= 4 is 23.0 Å². The van der Waals surface area contributed by atoms with E-state index in [2.05, 4.69) is 15.5 Å². The van der Waals surface area contributed by atoms with E-state index in [1.54, 1.807) is 6.20 Å². The minimum atomic E-state index is -0.196. The van der Waals surface area contributed by atoms with E-state index >= 15 is 0 Å². The number of hydrogen-bond acceptors (Lipinski definition) is 4. The second kappa shape index (κ2) is 6.58. The summed E-state index contributed by atoms with van der Waals surface area (Å²) in [4.78, 5) is 6.24. The van der Waals surface area contributed by atoms with E-state index in [-0.39, 0.29) is 6.10 Å². The molecule has 0 amide bonds. The molecule has 0 unspecified atom stereocenters. The normalized spacial score (nSPS) is 17.4. The van der Waals surface area contributed by atoms with Crippen LogP contribution in [0.5, 0.6) is 0 Å². The van der Waals surface area contributed by atoms with E-state index in [0.717, 1.165) is 37.3 Å². The van der Waals surface area contributed by atoms with E-state index < -0.39 is 0 Å². The van der Waals surface area contributed by atoms with Gasteiger partial charge in [0.05, 0.1) is 17.5 Å². The highest BCUT2D eigenvalue weighted by molar-refractivity contribution is 7.80. The zero-order valence-corrected chi connectivity index (χ0v) is 11.7. The predicted molar refractivity (Wildman–Crippen MR) is 79.0 cm³/mol. The highest BCUT2D eigenvalue weighted by Crippen LogP contribution is 2.09. The maximum Gasteiger partial charge on any atom is 0.189 e. The molecule has 2 rings (SSSR count). The first kappa shape index (κ1) is 13.9. The summed E-state index contributed by atoms with van der Waals surface area (Å²) in [6.45, 7) is 3.42. The number of hydrazone groups is 1. The first-order chi connectivity index (χ1) is 9.16. The van der Waals surface area contributed by atoms with Gasteiger partial charge in [0.25, 0.3) is 0 Å². The van der Waals surface area contributed by atoms with Crippen LogP contribution in [0, 0.1) is 0 Å². The Balaban J connectivity index is 1.89. The molecule has 1 fully saturated rings. The van der Waals surface area contributed by atoms with Crippen LogP contribution in [0.2, 0.25) is 0 Å². The lowest BCUT2D eigenvalue weighted by molar-refractivity contribution is 0.109. The van der Waals surface area contributed by atoms with Crippen LogP contribution in [-0.4, -0.2) is 45.0 Å². The van der Waals surface area contributed by atoms with Gasteiger partial charge in [-0.25, -0.2) is 0 Å². The number of rotatable bonds is 2. The third-order valence-corrected chi connectivity index (χ3v) is 3.46. The summed E-state index contributed by atoms with van der Waals surface area (Å²) in [5, 5.41) is 14.3. The molecule has 1 aliphatic rings. The van der Waals surface area contributed by atoms with Crippen molar-refractivity contribution in [1.29, 1.82) is 0 Å². The highest BCUT2D eigenvalue weighted by atomic mass is 32.1. The van der Waals surface area contributed by atoms with Crippen molar-refractivity contribution in [2.75, 3.05) is 13.1 Å². The average Bonchev–Trinajstić information content (AvgIpc) is 2.46. The number of nitrogens with zero attached hydrogens (tertiary/aromatic N) is 3. The molecule has 2 N–H and O–H groups in total. The SMILES string of the molecule is C/C(=N\NC(=S)N1CCC(O)CC1)c1ccccn1. The van der Waals surface area contributed by atoms with Crippen molar-refractivity contribution in [3.8, 4) is 0 Å². The third-order valence-electron chi connectivity index (χ3n) is 3.11. The lowest BCUT2D eigenvalue weighted by Gasteiger charge is -2.30. The van der Waals surface area contributed by atoms with Crippen LogP contribution in [0.1, 0.15) is 25.5 Å². The maximum absolute atomic E-state index is 9.45. The molecule has 0 saturated carbocycles. The molecule has 6 heteroatoms. The fourth-order valence-corrected chi connectivity index (χ4v) is 2.13. The van der Waals surface area contributed by atoms with Gasteiger partial charge in [-0.15, -0.1) is 0 Å². The van der Waals surface area contributed by atoms with Gasteiger partial charge in [0.15, 0.2) is 5.11 Å². The van der Waals surface area contributed by atoms with Crippen LogP contribution in [0.4, 0.5) is 0 Å². The van der Waals surface area contributed by atoms with E-state index in [9.17, 15) is 5.11 Å². The molecule has 0 aliphatic carbocycles. The fourth-order valence-electron chi connectivity index (χ4n) is 1.91. The summed E-state index contributed by atoms with van der Waals surface area (Å²) in [5.74, 6) is 0. The second-order valence-corrected chi connectivity index (χ2v) is 4.93. The van der Waals surface area contributed by atoms with Gasteiger partial charge in [0.1, 0.15) is 0 Å². The van der Waals surface area contributed by atoms with Crippen molar-refractivity contribution in [3.63, 3.8) is 0 Å². The molecule has 0 atom stereocenters. The average molecular weight is 278 g/mol. The van der Waals surface area contributed by atoms with Crippen LogP contribution in [0.15, 0.2) is 29.5 Å². The van der Waals surface area contributed by atoms with Crippen molar-refractivity contribution in [3.05, 3.63) is 30.1 Å². The number of pyridine rings is 1.